The van der Waals surface area contributed by atoms with Crippen LogP contribution in [0, 0.1) is 3.57 Å². The van der Waals surface area contributed by atoms with Crippen molar-refractivity contribution in [1.29, 1.82) is 0 Å². The molecule has 0 aliphatic carbocycles. The van der Waals surface area contributed by atoms with Gasteiger partial charge in [0.25, 0.3) is 6.43 Å². The molecule has 0 spiro atoms. The number of hydrogen-bond donors (Lipinski definition) is 0. The van der Waals surface area contributed by atoms with Gasteiger partial charge in [0, 0.05) is 9.45 Å². The Hall–Kier alpha value is -0.180. The second-order valence-electron chi connectivity index (χ2n) is 2.80. The van der Waals surface area contributed by atoms with Crippen LogP contribution in [0.1, 0.15) is 23.4 Å². The quantitative estimate of drug-likeness (QED) is 0.427. The van der Waals surface area contributed by atoms with E-state index in [1.165, 1.54) is 22.6 Å². The zero-order valence-corrected chi connectivity index (χ0v) is 10.4. The predicted molar refractivity (Wildman–Crippen MR) is 56.5 cm³/mol. The van der Waals surface area contributed by atoms with Crippen LogP contribution in [0.25, 0.3) is 0 Å². The molecule has 0 bridgehead atoms. The van der Waals surface area contributed by atoms with E-state index >= 15 is 0 Å². The number of alkyl halides is 6. The van der Waals surface area contributed by atoms with Crippen molar-refractivity contribution in [3.63, 3.8) is 0 Å². The third-order valence-corrected chi connectivity index (χ3v) is 3.18. The number of rotatable bonds is 2. The Morgan fingerprint density at radius 2 is 1.94 bits per heavy atom. The van der Waals surface area contributed by atoms with Gasteiger partial charge in [0.2, 0.25) is 0 Å². The Morgan fingerprint density at radius 1 is 1.38 bits per heavy atom. The van der Waals surface area contributed by atoms with Crippen LogP contribution in [0.3, 0.4) is 0 Å². The fourth-order valence-electron chi connectivity index (χ4n) is 1.00. The SMILES string of the molecule is FC(F)c1cc(CCl)c(I)c(C(F)(F)F)n1. The lowest BCUT2D eigenvalue weighted by atomic mass is 10.2. The molecule has 1 heterocycles. The molecule has 0 N–H and O–H groups in total. The topological polar surface area (TPSA) is 12.9 Å². The molecule has 0 aliphatic rings. The molecule has 1 rings (SSSR count). The normalized spacial score (nSPS) is 12.2. The van der Waals surface area contributed by atoms with E-state index in [1.54, 1.807) is 0 Å². The Labute approximate surface area is 106 Å². The summed E-state index contributed by atoms with van der Waals surface area (Å²) >= 11 is 6.78. The van der Waals surface area contributed by atoms with Crippen molar-refractivity contribution < 1.29 is 22.0 Å². The van der Waals surface area contributed by atoms with Crippen molar-refractivity contribution >= 4 is 34.2 Å². The maximum Gasteiger partial charge on any atom is 0.434 e. The van der Waals surface area contributed by atoms with Gasteiger partial charge >= 0.3 is 6.18 Å². The first-order valence-electron chi connectivity index (χ1n) is 3.88. The van der Waals surface area contributed by atoms with Crippen molar-refractivity contribution in [3.8, 4) is 0 Å². The Balaban J connectivity index is 3.42. The van der Waals surface area contributed by atoms with Crippen LogP contribution < -0.4 is 0 Å². The van der Waals surface area contributed by atoms with Gasteiger partial charge in [0.15, 0.2) is 5.69 Å². The summed E-state index contributed by atoms with van der Waals surface area (Å²) in [4.78, 5) is 2.91. The molecule has 0 radical (unpaired) electrons. The van der Waals surface area contributed by atoms with E-state index in [-0.39, 0.29) is 15.0 Å². The van der Waals surface area contributed by atoms with Crippen molar-refractivity contribution in [2.75, 3.05) is 0 Å². The fraction of sp³-hybridized carbons (Fsp3) is 0.375. The summed E-state index contributed by atoms with van der Waals surface area (Å²) in [5.41, 5.74) is -2.23. The second-order valence-corrected chi connectivity index (χ2v) is 4.15. The lowest BCUT2D eigenvalue weighted by molar-refractivity contribution is -0.142. The first kappa shape index (κ1) is 13.9. The zero-order valence-electron chi connectivity index (χ0n) is 7.45. The van der Waals surface area contributed by atoms with Gasteiger partial charge in [-0.2, -0.15) is 13.2 Å². The van der Waals surface area contributed by atoms with Crippen molar-refractivity contribution in [2.24, 2.45) is 0 Å². The van der Waals surface area contributed by atoms with Crippen LogP contribution in [-0.2, 0) is 12.1 Å². The summed E-state index contributed by atoms with van der Waals surface area (Å²) in [7, 11) is 0. The lowest BCUT2D eigenvalue weighted by Gasteiger charge is -2.12. The van der Waals surface area contributed by atoms with Crippen LogP contribution in [0.2, 0.25) is 0 Å². The summed E-state index contributed by atoms with van der Waals surface area (Å²) in [6.07, 6.45) is -7.82. The van der Waals surface area contributed by atoms with E-state index in [9.17, 15) is 22.0 Å². The molecule has 0 fully saturated rings. The first-order chi connectivity index (χ1) is 7.27. The summed E-state index contributed by atoms with van der Waals surface area (Å²) in [6, 6.07) is 0.884. The summed E-state index contributed by atoms with van der Waals surface area (Å²) in [6.45, 7) is 0. The highest BCUT2D eigenvalue weighted by Crippen LogP contribution is 2.35. The third kappa shape index (κ3) is 2.93. The van der Waals surface area contributed by atoms with E-state index in [0.29, 0.717) is 0 Å². The molecule has 0 unspecified atom stereocenters. The highest BCUT2D eigenvalue weighted by atomic mass is 127. The zero-order chi connectivity index (χ0) is 12.5. The van der Waals surface area contributed by atoms with E-state index in [0.717, 1.165) is 6.07 Å². The molecule has 1 aromatic heterocycles. The van der Waals surface area contributed by atoms with Crippen LogP contribution >= 0.6 is 34.2 Å². The first-order valence-corrected chi connectivity index (χ1v) is 5.49. The van der Waals surface area contributed by atoms with Gasteiger partial charge in [-0.3, -0.25) is 0 Å². The maximum absolute atomic E-state index is 12.5. The van der Waals surface area contributed by atoms with Gasteiger partial charge in [-0.1, -0.05) is 0 Å². The van der Waals surface area contributed by atoms with Gasteiger partial charge in [-0.05, 0) is 34.2 Å². The van der Waals surface area contributed by atoms with Gasteiger partial charge in [0.05, 0.1) is 0 Å². The number of nitrogens with zero attached hydrogens (tertiary/aromatic N) is 1. The van der Waals surface area contributed by atoms with Crippen molar-refractivity contribution in [2.45, 2.75) is 18.5 Å². The lowest BCUT2D eigenvalue weighted by Crippen LogP contribution is -2.14. The molecule has 0 aliphatic heterocycles. The molecule has 90 valence electrons. The van der Waals surface area contributed by atoms with Crippen molar-refractivity contribution in [1.82, 2.24) is 4.98 Å². The van der Waals surface area contributed by atoms with Gasteiger partial charge in [-0.15, -0.1) is 11.6 Å². The minimum atomic E-state index is -4.76. The highest BCUT2D eigenvalue weighted by Gasteiger charge is 2.37. The standard InChI is InChI=1S/C8H4ClF5IN/c9-2-3-1-4(7(10)11)16-6(5(3)15)8(12,13)14/h1,7H,2H2. The van der Waals surface area contributed by atoms with E-state index in [4.69, 9.17) is 11.6 Å². The minimum Gasteiger partial charge on any atom is -0.241 e. The molecule has 0 aromatic carbocycles. The molecular weight excluding hydrogens is 367 g/mol. The van der Waals surface area contributed by atoms with Gasteiger partial charge in [-0.25, -0.2) is 13.8 Å². The number of halogens is 7. The largest absolute Gasteiger partial charge is 0.434 e. The minimum absolute atomic E-state index is 0.000100. The van der Waals surface area contributed by atoms with Crippen LogP contribution in [0.5, 0.6) is 0 Å². The van der Waals surface area contributed by atoms with Gasteiger partial charge in [0.1, 0.15) is 5.69 Å². The smallest absolute Gasteiger partial charge is 0.241 e. The van der Waals surface area contributed by atoms with E-state index in [2.05, 4.69) is 4.98 Å². The monoisotopic (exact) mass is 371 g/mol. The van der Waals surface area contributed by atoms with Crippen LogP contribution in [0.4, 0.5) is 22.0 Å². The fourth-order valence-corrected chi connectivity index (χ4v) is 2.21. The Kier molecular flexibility index (Phi) is 4.33. The van der Waals surface area contributed by atoms with Gasteiger partial charge < -0.3 is 0 Å². The molecular formula is C8H4ClF5IN. The maximum atomic E-state index is 12.5. The Bertz CT molecular complexity index is 393. The van der Waals surface area contributed by atoms with E-state index in [1.807, 2.05) is 0 Å². The molecule has 0 atom stereocenters. The summed E-state index contributed by atoms with van der Waals surface area (Å²) in [5.74, 6) is -0.274. The van der Waals surface area contributed by atoms with Crippen molar-refractivity contribution in [3.05, 3.63) is 26.6 Å². The number of hydrogen-bond acceptors (Lipinski definition) is 1. The van der Waals surface area contributed by atoms with Crippen LogP contribution in [0.15, 0.2) is 6.07 Å². The molecule has 16 heavy (non-hydrogen) atoms. The summed E-state index contributed by atoms with van der Waals surface area (Å²) < 4.78 is 61.7. The molecule has 0 saturated carbocycles. The molecule has 0 amide bonds. The highest BCUT2D eigenvalue weighted by molar-refractivity contribution is 14.1. The molecule has 1 nitrogen and oxygen atoms in total. The number of aromatic nitrogens is 1. The number of pyridine rings is 1. The molecule has 8 heteroatoms. The molecule has 0 saturated heterocycles. The summed E-state index contributed by atoms with van der Waals surface area (Å²) in [5, 5.41) is 0. The Morgan fingerprint density at radius 3 is 2.31 bits per heavy atom. The second kappa shape index (κ2) is 4.99. The van der Waals surface area contributed by atoms with E-state index < -0.39 is 24.0 Å². The average Bonchev–Trinajstić information content (AvgIpc) is 2.15. The van der Waals surface area contributed by atoms with Crippen LogP contribution in [-0.4, -0.2) is 4.98 Å². The predicted octanol–water partition coefficient (Wildman–Crippen LogP) is 4.38. The molecule has 1 aromatic rings. The third-order valence-electron chi connectivity index (χ3n) is 1.69. The average molecular weight is 371 g/mol.